The third-order valence-corrected chi connectivity index (χ3v) is 2.93. The molecule has 0 aliphatic rings. The van der Waals surface area contributed by atoms with Gasteiger partial charge in [-0.2, -0.15) is 5.26 Å². The van der Waals surface area contributed by atoms with E-state index in [2.05, 4.69) is 5.32 Å². The number of anilines is 1. The Kier molecular flexibility index (Phi) is 3.98. The first kappa shape index (κ1) is 13.3. The molecule has 0 aromatic heterocycles. The van der Waals surface area contributed by atoms with Crippen LogP contribution in [0.25, 0.3) is 0 Å². The molecular weight excluding hydrogens is 270 g/mol. The van der Waals surface area contributed by atoms with E-state index >= 15 is 0 Å². The van der Waals surface area contributed by atoms with Crippen molar-refractivity contribution in [1.82, 2.24) is 0 Å². The summed E-state index contributed by atoms with van der Waals surface area (Å²) >= 11 is 5.80. The van der Waals surface area contributed by atoms with E-state index in [1.54, 1.807) is 18.2 Å². The molecule has 2 aromatic carbocycles. The molecule has 2 aromatic rings. The van der Waals surface area contributed by atoms with Crippen LogP contribution in [0.15, 0.2) is 36.4 Å². The molecule has 0 bridgehead atoms. The Labute approximate surface area is 114 Å². The average molecular weight is 279 g/mol. The van der Waals surface area contributed by atoms with Gasteiger partial charge in [-0.15, -0.1) is 0 Å². The first-order chi connectivity index (χ1) is 9.11. The highest BCUT2D eigenvalue weighted by atomic mass is 35.5. The maximum Gasteiger partial charge on any atom is 0.163 e. The monoisotopic (exact) mass is 278 g/mol. The van der Waals surface area contributed by atoms with Crippen LogP contribution in [0.4, 0.5) is 14.5 Å². The molecule has 0 spiro atoms. The third-order valence-electron chi connectivity index (χ3n) is 2.60. The topological polar surface area (TPSA) is 35.8 Å². The lowest BCUT2D eigenvalue weighted by Gasteiger charge is -2.08. The number of benzene rings is 2. The fraction of sp³-hybridized carbons (Fsp3) is 0.0714. The van der Waals surface area contributed by atoms with E-state index in [4.69, 9.17) is 16.9 Å². The van der Waals surface area contributed by atoms with Crippen molar-refractivity contribution in [1.29, 1.82) is 5.26 Å². The van der Waals surface area contributed by atoms with Gasteiger partial charge in [-0.05, 0) is 24.3 Å². The van der Waals surface area contributed by atoms with Gasteiger partial charge in [0.2, 0.25) is 0 Å². The van der Waals surface area contributed by atoms with Gasteiger partial charge in [0.05, 0.1) is 10.6 Å². The molecule has 0 heterocycles. The minimum atomic E-state index is -0.881. The molecule has 0 amide bonds. The fourth-order valence-electron chi connectivity index (χ4n) is 1.60. The van der Waals surface area contributed by atoms with Crippen molar-refractivity contribution in [2.75, 3.05) is 5.32 Å². The SMILES string of the molecule is N#Cc1cc(NCc2cccc(F)c2F)ccc1Cl. The van der Waals surface area contributed by atoms with Gasteiger partial charge in [0.25, 0.3) is 0 Å². The van der Waals surface area contributed by atoms with Gasteiger partial charge in [-0.1, -0.05) is 23.7 Å². The lowest BCUT2D eigenvalue weighted by molar-refractivity contribution is 0.500. The van der Waals surface area contributed by atoms with Crippen LogP contribution in [0, 0.1) is 23.0 Å². The summed E-state index contributed by atoms with van der Waals surface area (Å²) in [6.07, 6.45) is 0. The van der Waals surface area contributed by atoms with Crippen LogP contribution >= 0.6 is 11.6 Å². The summed E-state index contributed by atoms with van der Waals surface area (Å²) in [5, 5.41) is 12.1. The Bertz CT molecular complexity index is 650. The first-order valence-electron chi connectivity index (χ1n) is 5.48. The lowest BCUT2D eigenvalue weighted by Crippen LogP contribution is -2.03. The van der Waals surface area contributed by atoms with E-state index in [1.807, 2.05) is 6.07 Å². The Morgan fingerprint density at radius 3 is 2.74 bits per heavy atom. The van der Waals surface area contributed by atoms with Gasteiger partial charge in [0.1, 0.15) is 6.07 Å². The van der Waals surface area contributed by atoms with Crippen LogP contribution in [0.5, 0.6) is 0 Å². The summed E-state index contributed by atoms with van der Waals surface area (Å²) in [6.45, 7) is 0.121. The second kappa shape index (κ2) is 5.68. The maximum absolute atomic E-state index is 13.4. The standard InChI is InChI=1S/C14H9ClF2N2/c15-12-5-4-11(6-10(12)7-18)19-8-9-2-1-3-13(16)14(9)17/h1-6,19H,8H2. The van der Waals surface area contributed by atoms with Crippen LogP contribution in [0.2, 0.25) is 5.02 Å². The molecule has 0 atom stereocenters. The highest BCUT2D eigenvalue weighted by Gasteiger charge is 2.07. The number of hydrogen-bond donors (Lipinski definition) is 1. The number of halogens is 3. The van der Waals surface area contributed by atoms with Crippen LogP contribution in [-0.2, 0) is 6.54 Å². The number of nitrogens with one attached hydrogen (secondary N) is 1. The zero-order valence-electron chi connectivity index (χ0n) is 9.75. The third kappa shape index (κ3) is 3.01. The predicted molar refractivity (Wildman–Crippen MR) is 69.9 cm³/mol. The molecule has 0 unspecified atom stereocenters. The fourth-order valence-corrected chi connectivity index (χ4v) is 1.76. The molecule has 5 heteroatoms. The van der Waals surface area contributed by atoms with Crippen molar-refractivity contribution in [2.24, 2.45) is 0 Å². The summed E-state index contributed by atoms with van der Waals surface area (Å²) < 4.78 is 26.4. The van der Waals surface area contributed by atoms with E-state index in [9.17, 15) is 8.78 Å². The smallest absolute Gasteiger partial charge is 0.163 e. The van der Waals surface area contributed by atoms with Crippen molar-refractivity contribution >= 4 is 17.3 Å². The Hall–Kier alpha value is -2.12. The van der Waals surface area contributed by atoms with Crippen molar-refractivity contribution in [3.05, 3.63) is 64.2 Å². The van der Waals surface area contributed by atoms with Gasteiger partial charge >= 0.3 is 0 Å². The van der Waals surface area contributed by atoms with E-state index in [0.29, 0.717) is 16.3 Å². The molecule has 0 saturated carbocycles. The predicted octanol–water partition coefficient (Wildman–Crippen LogP) is 4.10. The first-order valence-corrected chi connectivity index (χ1v) is 5.86. The highest BCUT2D eigenvalue weighted by molar-refractivity contribution is 6.31. The second-order valence-electron chi connectivity index (χ2n) is 3.87. The van der Waals surface area contributed by atoms with E-state index in [1.165, 1.54) is 12.1 Å². The van der Waals surface area contributed by atoms with Gasteiger partial charge in [-0.25, -0.2) is 8.78 Å². The summed E-state index contributed by atoms with van der Waals surface area (Å²) in [5.41, 5.74) is 1.16. The lowest BCUT2D eigenvalue weighted by atomic mass is 10.2. The molecule has 2 rings (SSSR count). The van der Waals surface area contributed by atoms with Gasteiger partial charge in [0, 0.05) is 17.8 Å². The molecule has 0 saturated heterocycles. The van der Waals surface area contributed by atoms with E-state index in [-0.39, 0.29) is 12.1 Å². The molecule has 0 fully saturated rings. The van der Waals surface area contributed by atoms with Crippen LogP contribution in [0.1, 0.15) is 11.1 Å². The summed E-state index contributed by atoms with van der Waals surface area (Å²) in [4.78, 5) is 0. The number of nitriles is 1. The van der Waals surface area contributed by atoms with E-state index in [0.717, 1.165) is 6.07 Å². The molecule has 0 radical (unpaired) electrons. The van der Waals surface area contributed by atoms with Crippen LogP contribution < -0.4 is 5.32 Å². The average Bonchev–Trinajstić information content (AvgIpc) is 2.42. The Balaban J connectivity index is 2.15. The Morgan fingerprint density at radius 2 is 2.00 bits per heavy atom. The molecule has 2 nitrogen and oxygen atoms in total. The number of rotatable bonds is 3. The van der Waals surface area contributed by atoms with Gasteiger partial charge in [-0.3, -0.25) is 0 Å². The maximum atomic E-state index is 13.4. The normalized spacial score (nSPS) is 10.0. The molecule has 19 heavy (non-hydrogen) atoms. The molecule has 0 aliphatic carbocycles. The minimum Gasteiger partial charge on any atom is -0.381 e. The van der Waals surface area contributed by atoms with E-state index < -0.39 is 11.6 Å². The molecule has 0 aliphatic heterocycles. The molecule has 1 N–H and O–H groups in total. The van der Waals surface area contributed by atoms with Crippen molar-refractivity contribution in [3.8, 4) is 6.07 Å². The van der Waals surface area contributed by atoms with Gasteiger partial charge < -0.3 is 5.32 Å². The summed E-state index contributed by atoms with van der Waals surface area (Å²) in [5.74, 6) is -1.75. The minimum absolute atomic E-state index is 0.121. The van der Waals surface area contributed by atoms with Crippen molar-refractivity contribution in [2.45, 2.75) is 6.54 Å². The van der Waals surface area contributed by atoms with Crippen molar-refractivity contribution < 1.29 is 8.78 Å². The second-order valence-corrected chi connectivity index (χ2v) is 4.28. The molecule has 96 valence electrons. The Morgan fingerprint density at radius 1 is 1.21 bits per heavy atom. The van der Waals surface area contributed by atoms with Crippen LogP contribution in [0.3, 0.4) is 0 Å². The zero-order valence-corrected chi connectivity index (χ0v) is 10.5. The largest absolute Gasteiger partial charge is 0.381 e. The van der Waals surface area contributed by atoms with Gasteiger partial charge in [0.15, 0.2) is 11.6 Å². The van der Waals surface area contributed by atoms with Crippen LogP contribution in [-0.4, -0.2) is 0 Å². The number of hydrogen-bond acceptors (Lipinski definition) is 2. The molecular formula is C14H9ClF2N2. The zero-order chi connectivity index (χ0) is 13.8. The quantitative estimate of drug-likeness (QED) is 0.917. The number of nitrogens with zero attached hydrogens (tertiary/aromatic N) is 1. The summed E-state index contributed by atoms with van der Waals surface area (Å²) in [7, 11) is 0. The summed E-state index contributed by atoms with van der Waals surface area (Å²) in [6, 6.07) is 10.7. The van der Waals surface area contributed by atoms with Crippen molar-refractivity contribution in [3.63, 3.8) is 0 Å². The highest BCUT2D eigenvalue weighted by Crippen LogP contribution is 2.20.